The molecule has 0 radical (unpaired) electrons. The molecule has 0 aliphatic carbocycles. The van der Waals surface area contributed by atoms with Gasteiger partial charge in [0.15, 0.2) is 17.6 Å². The number of piperazine rings is 2. The molecule has 4 aliphatic rings. The average molecular weight is 1460 g/mol. The zero-order valence-electron chi connectivity index (χ0n) is 52.1. The van der Waals surface area contributed by atoms with Gasteiger partial charge >= 0.3 is 150 Å². The number of anilines is 2. The number of phenolic OH excluding ortho intramolecular Hbond substituents is 1. The Balaban J connectivity index is 0.000000219. The molecule has 0 saturated carbocycles. The summed E-state index contributed by atoms with van der Waals surface area (Å²) in [5, 5.41) is 31.2. The number of hydrogen-bond acceptors (Lipinski definition) is 21. The van der Waals surface area contributed by atoms with Crippen LogP contribution in [0.3, 0.4) is 0 Å². The molecule has 4 aliphatic heterocycles. The van der Waals surface area contributed by atoms with Gasteiger partial charge in [0.1, 0.15) is 58.0 Å². The second-order valence-electron chi connectivity index (χ2n) is 22.7. The van der Waals surface area contributed by atoms with Gasteiger partial charge in [0.25, 0.3) is 6.47 Å². The van der Waals surface area contributed by atoms with E-state index >= 15 is 0 Å². The van der Waals surface area contributed by atoms with Gasteiger partial charge in [0, 0.05) is 88.7 Å². The fraction of sp³-hybridized carbons (Fsp3) is 0.475. The monoisotopic (exact) mass is 1450 g/mol. The van der Waals surface area contributed by atoms with E-state index in [9.17, 15) is 14.7 Å². The number of hydrogen-bond donors (Lipinski definition) is 1. The molecule has 2 atom stereocenters. The Morgan fingerprint density at radius 3 is 1.57 bits per heavy atom. The zero-order chi connectivity index (χ0) is 60.4. The average Bonchev–Trinajstić information content (AvgIpc) is 1.72. The van der Waals surface area contributed by atoms with E-state index in [0.717, 1.165) is 101 Å². The summed E-state index contributed by atoms with van der Waals surface area (Å²) in [5.41, 5.74) is 4.02. The maximum atomic E-state index is 12.5. The van der Waals surface area contributed by atoms with Crippen molar-refractivity contribution in [2.45, 2.75) is 118 Å². The topological polar surface area (TPSA) is 276 Å². The predicted octanol–water partition coefficient (Wildman–Crippen LogP) is 3.27. The Bertz CT molecular complexity index is 3620. The molecule has 4 fully saturated rings. The van der Waals surface area contributed by atoms with Crippen molar-refractivity contribution in [1.29, 1.82) is 0 Å². The van der Waals surface area contributed by atoms with E-state index in [1.807, 2.05) is 101 Å². The molecule has 0 bridgehead atoms. The van der Waals surface area contributed by atoms with Crippen LogP contribution in [0.1, 0.15) is 105 Å². The summed E-state index contributed by atoms with van der Waals surface area (Å²) in [6.07, 6.45) is 15.8. The van der Waals surface area contributed by atoms with Crippen LogP contribution < -0.4 is 158 Å². The van der Waals surface area contributed by atoms with Crippen LogP contribution in [0.5, 0.6) is 17.4 Å². The molecule has 8 aromatic rings. The molecular weight excluding hydrogens is 1380 g/mol. The van der Waals surface area contributed by atoms with Gasteiger partial charge in [-0.3, -0.25) is 4.79 Å². The summed E-state index contributed by atoms with van der Waals surface area (Å²) >= 11 is 6.10. The molecule has 25 nitrogen and oxygen atoms in total. The zero-order valence-corrected chi connectivity index (χ0v) is 64.5. The third kappa shape index (κ3) is 17.9. The molecular formula is C59H73ClCs2N14O11. The van der Waals surface area contributed by atoms with E-state index < -0.39 is 11.2 Å². The maximum absolute atomic E-state index is 12.5. The fourth-order valence-corrected chi connectivity index (χ4v) is 10.5. The molecule has 454 valence electrons. The Hall–Kier alpha value is -4.16. The molecule has 87 heavy (non-hydrogen) atoms. The number of halogens is 1. The maximum Gasteiger partial charge on any atom is 1.00 e. The summed E-state index contributed by atoms with van der Waals surface area (Å²) in [5.74, 6) is 3.03. The Morgan fingerprint density at radius 2 is 1.09 bits per heavy atom. The van der Waals surface area contributed by atoms with Gasteiger partial charge in [0.2, 0.25) is 5.88 Å². The van der Waals surface area contributed by atoms with Crippen LogP contribution in [0.15, 0.2) is 73.8 Å². The van der Waals surface area contributed by atoms with Gasteiger partial charge in [-0.1, -0.05) is 23.7 Å². The first-order valence-electron chi connectivity index (χ1n) is 28.4. The Labute approximate surface area is 628 Å². The first-order valence-corrected chi connectivity index (χ1v) is 28.8. The fourth-order valence-electron chi connectivity index (χ4n) is 10.3. The number of nitrogens with zero attached hydrogens (tertiary/aromatic N) is 14. The molecule has 4 saturated heterocycles. The molecule has 10 heterocycles. The number of aromatic nitrogens is 10. The normalized spacial score (nSPS) is 17.1. The van der Waals surface area contributed by atoms with Crippen LogP contribution in [0.25, 0.3) is 43.6 Å². The molecule has 0 spiro atoms. The molecule has 28 heteroatoms. The number of carbonyl (C=O) groups is 3. The van der Waals surface area contributed by atoms with Crippen LogP contribution in [0, 0.1) is 13.8 Å². The van der Waals surface area contributed by atoms with E-state index in [1.165, 1.54) is 12.7 Å². The molecule has 6 aromatic heterocycles. The molecule has 2 unspecified atom stereocenters. The smallest absolute Gasteiger partial charge is 1.00 e. The molecule has 12 rings (SSSR count). The van der Waals surface area contributed by atoms with Crippen LogP contribution in [-0.2, 0) is 28.6 Å². The minimum absolute atomic E-state index is 0. The van der Waals surface area contributed by atoms with Crippen LogP contribution in [0.2, 0.25) is 5.15 Å². The number of pyridine rings is 2. The third-order valence-corrected chi connectivity index (χ3v) is 14.7. The second-order valence-corrected chi connectivity index (χ2v) is 23.1. The summed E-state index contributed by atoms with van der Waals surface area (Å²) in [6.45, 7) is 21.4. The van der Waals surface area contributed by atoms with Crippen molar-refractivity contribution >= 4 is 85.5 Å². The third-order valence-electron chi connectivity index (χ3n) is 14.4. The van der Waals surface area contributed by atoms with Gasteiger partial charge in [-0.15, -0.1) is 0 Å². The van der Waals surface area contributed by atoms with E-state index in [-0.39, 0.29) is 170 Å². The van der Waals surface area contributed by atoms with Gasteiger partial charge in [-0.05, 0) is 129 Å². The number of carbonyl (C=O) groups excluding carboxylic acids is 3. The molecule has 2 aromatic carbocycles. The number of fused-ring (bicyclic) bond motifs is 4. The number of ether oxygens (including phenoxy) is 5. The summed E-state index contributed by atoms with van der Waals surface area (Å²) in [7, 11) is 0. The number of amides is 2. The van der Waals surface area contributed by atoms with Crippen molar-refractivity contribution in [3.8, 4) is 17.4 Å². The van der Waals surface area contributed by atoms with Gasteiger partial charge < -0.3 is 60.0 Å². The van der Waals surface area contributed by atoms with E-state index in [1.54, 1.807) is 34.7 Å². The standard InChI is InChI=1S/C29H35N7O4.C16H20ClN5O2.C13H16N2O2.CH2O3.2Cs.H/c1-19-8-9-22-21(17-33-36(22)23-7-5-6-16-38-23)25(19)39-27-24-20(10-11-30-27)26(32-18-31-24)34-12-14-35(15-13-34)28(37)40-29(2,3)4;1-16(2,3)24-15(23)22-8-6-21(7-9-22)14-11-4-5-18-13(17)12(11)19-10-20-14;1-9-5-6-11-10(13(9)16)8-14-15(11)12-4-2-3-7-17-12;2-1-4-3;;;/h8-11,17-18,23H,5-7,12-16H2,1-4H3;4-5,10H,6-9H2,1-3H3;5-6,8,12,16H,2-4,7H2,1H3;1,3H;;;/q;;;;2*+1;-1/p-1. The van der Waals surface area contributed by atoms with E-state index in [0.29, 0.717) is 85.9 Å². The second kappa shape index (κ2) is 32.2. The van der Waals surface area contributed by atoms with Crippen LogP contribution >= 0.6 is 11.6 Å². The molecule has 1 N–H and O–H groups in total. The van der Waals surface area contributed by atoms with Gasteiger partial charge in [-0.2, -0.15) is 10.2 Å². The summed E-state index contributed by atoms with van der Waals surface area (Å²) in [4.78, 5) is 70.0. The van der Waals surface area contributed by atoms with Crippen molar-refractivity contribution in [3.05, 3.63) is 90.1 Å². The first-order chi connectivity index (χ1) is 40.8. The summed E-state index contributed by atoms with van der Waals surface area (Å²) in [6, 6.07) is 11.8. The van der Waals surface area contributed by atoms with Crippen molar-refractivity contribution in [2.75, 3.05) is 75.4 Å². The minimum Gasteiger partial charge on any atom is -1.00 e. The minimum atomic E-state index is -0.522. The molecule has 2 amide bonds. The number of aromatic hydroxyl groups is 1. The first kappa shape index (κ1) is 70.3. The van der Waals surface area contributed by atoms with Crippen molar-refractivity contribution in [3.63, 3.8) is 0 Å². The SMILES string of the molecule is CC(C)(C)OC(=O)N1CCN(c2ncnc3c(Cl)nccc23)CC1.Cc1ccc2c(cnn2C2CCCCO2)c1O.Cc1ccc2c(cnn2C2CCCCO2)c1Oc1nccc2c(N3CCN(C(=O)OC(C)(C)C)CC3)ncnc12.O=CO[O-].[Cs+].[Cs+].[H-]. The van der Waals surface area contributed by atoms with E-state index in [2.05, 4.69) is 60.9 Å². The van der Waals surface area contributed by atoms with Crippen molar-refractivity contribution < 1.29 is 193 Å². The van der Waals surface area contributed by atoms with Crippen molar-refractivity contribution in [2.24, 2.45) is 0 Å². The van der Waals surface area contributed by atoms with Crippen LogP contribution in [-0.4, -0.2) is 160 Å². The number of benzene rings is 2. The number of rotatable bonds is 7. The van der Waals surface area contributed by atoms with Gasteiger partial charge in [0.05, 0.1) is 34.2 Å². The quantitative estimate of drug-likeness (QED) is 0.104. The van der Waals surface area contributed by atoms with Crippen LogP contribution in [0.4, 0.5) is 21.2 Å². The Kier molecular flexibility index (Phi) is 26.0. The predicted molar refractivity (Wildman–Crippen MR) is 316 cm³/mol. The van der Waals surface area contributed by atoms with E-state index in [4.69, 9.17) is 45.3 Å². The number of phenols is 1. The largest absolute Gasteiger partial charge is 1.00 e. The van der Waals surface area contributed by atoms with Crippen molar-refractivity contribution in [1.82, 2.24) is 59.3 Å². The number of aryl methyl sites for hydroxylation is 2. The Morgan fingerprint density at radius 1 is 0.632 bits per heavy atom. The van der Waals surface area contributed by atoms with Gasteiger partial charge in [-0.25, -0.2) is 48.9 Å². The summed E-state index contributed by atoms with van der Waals surface area (Å²) < 4.78 is 33.0.